The molecule has 3 N–H and O–H groups in total. The topological polar surface area (TPSA) is 61.4 Å². The molecule has 1 fully saturated rings. The number of carbonyl (C=O) groups excluding carboxylic acids is 1. The summed E-state index contributed by atoms with van der Waals surface area (Å²) in [6.07, 6.45) is 2.75. The van der Waals surface area contributed by atoms with E-state index in [-0.39, 0.29) is 24.6 Å². The number of amides is 1. The molecule has 1 unspecified atom stereocenters. The van der Waals surface area contributed by atoms with Crippen LogP contribution >= 0.6 is 0 Å². The SMILES string of the molecule is CCC(CO)NC(=O)[C@H]1CCCN1. The van der Waals surface area contributed by atoms with E-state index in [0.29, 0.717) is 0 Å². The van der Waals surface area contributed by atoms with Gasteiger partial charge in [-0.2, -0.15) is 0 Å². The fraction of sp³-hybridized carbons (Fsp3) is 0.889. The van der Waals surface area contributed by atoms with E-state index in [1.54, 1.807) is 0 Å². The lowest BCUT2D eigenvalue weighted by atomic mass is 10.2. The van der Waals surface area contributed by atoms with Gasteiger partial charge in [-0.1, -0.05) is 6.92 Å². The summed E-state index contributed by atoms with van der Waals surface area (Å²) in [6, 6.07) is -0.129. The molecule has 4 nitrogen and oxygen atoms in total. The quantitative estimate of drug-likeness (QED) is 0.561. The van der Waals surface area contributed by atoms with Gasteiger partial charge in [-0.3, -0.25) is 4.79 Å². The largest absolute Gasteiger partial charge is 0.394 e. The summed E-state index contributed by atoms with van der Waals surface area (Å²) in [5.41, 5.74) is 0. The van der Waals surface area contributed by atoms with Gasteiger partial charge in [0.25, 0.3) is 0 Å². The van der Waals surface area contributed by atoms with Gasteiger partial charge in [0.1, 0.15) is 0 Å². The molecular weight excluding hydrogens is 168 g/mol. The fourth-order valence-corrected chi connectivity index (χ4v) is 1.49. The van der Waals surface area contributed by atoms with Gasteiger partial charge >= 0.3 is 0 Å². The molecule has 1 saturated heterocycles. The average molecular weight is 186 g/mol. The Kier molecular flexibility index (Phi) is 4.18. The highest BCUT2D eigenvalue weighted by molar-refractivity contribution is 5.82. The maximum absolute atomic E-state index is 11.5. The number of aliphatic hydroxyl groups excluding tert-OH is 1. The van der Waals surface area contributed by atoms with Crippen LogP contribution in [0.3, 0.4) is 0 Å². The first-order chi connectivity index (χ1) is 6.27. The summed E-state index contributed by atoms with van der Waals surface area (Å²) < 4.78 is 0. The van der Waals surface area contributed by atoms with Crippen LogP contribution in [0.15, 0.2) is 0 Å². The van der Waals surface area contributed by atoms with E-state index in [2.05, 4.69) is 10.6 Å². The van der Waals surface area contributed by atoms with E-state index < -0.39 is 0 Å². The predicted molar refractivity (Wildman–Crippen MR) is 50.3 cm³/mol. The molecular formula is C9H18N2O2. The molecule has 1 aliphatic rings. The van der Waals surface area contributed by atoms with Crippen molar-refractivity contribution in [3.8, 4) is 0 Å². The number of aliphatic hydroxyl groups is 1. The molecule has 1 amide bonds. The zero-order chi connectivity index (χ0) is 9.68. The molecule has 0 aliphatic carbocycles. The van der Waals surface area contributed by atoms with Crippen molar-refractivity contribution in [2.45, 2.75) is 38.3 Å². The van der Waals surface area contributed by atoms with Crippen molar-refractivity contribution >= 4 is 5.91 Å². The first-order valence-electron chi connectivity index (χ1n) is 4.92. The van der Waals surface area contributed by atoms with E-state index in [0.717, 1.165) is 25.8 Å². The van der Waals surface area contributed by atoms with Crippen molar-refractivity contribution < 1.29 is 9.90 Å². The Morgan fingerprint density at radius 2 is 2.54 bits per heavy atom. The lowest BCUT2D eigenvalue weighted by Crippen LogP contribution is -2.46. The standard InChI is InChI=1S/C9H18N2O2/c1-2-7(6-12)11-9(13)8-4-3-5-10-8/h7-8,10,12H,2-6H2,1H3,(H,11,13)/t7?,8-/m1/s1. The fourth-order valence-electron chi connectivity index (χ4n) is 1.49. The maximum Gasteiger partial charge on any atom is 0.237 e. The molecule has 0 aromatic rings. The van der Waals surface area contributed by atoms with Gasteiger partial charge < -0.3 is 15.7 Å². The molecule has 0 spiro atoms. The summed E-state index contributed by atoms with van der Waals surface area (Å²) in [4.78, 5) is 11.5. The third kappa shape index (κ3) is 2.97. The predicted octanol–water partition coefficient (Wildman–Crippen LogP) is -0.374. The lowest BCUT2D eigenvalue weighted by molar-refractivity contribution is -0.123. The van der Waals surface area contributed by atoms with Crippen molar-refractivity contribution in [2.75, 3.05) is 13.2 Å². The Morgan fingerprint density at radius 1 is 1.77 bits per heavy atom. The molecule has 2 atom stereocenters. The summed E-state index contributed by atoms with van der Waals surface area (Å²) in [5, 5.41) is 14.8. The zero-order valence-corrected chi connectivity index (χ0v) is 8.05. The van der Waals surface area contributed by atoms with Crippen molar-refractivity contribution in [3.63, 3.8) is 0 Å². The van der Waals surface area contributed by atoms with Crippen LogP contribution in [0, 0.1) is 0 Å². The second kappa shape index (κ2) is 5.19. The third-order valence-corrected chi connectivity index (χ3v) is 2.44. The van der Waals surface area contributed by atoms with E-state index in [4.69, 9.17) is 5.11 Å². The van der Waals surface area contributed by atoms with Crippen LogP contribution in [-0.4, -0.2) is 36.2 Å². The molecule has 0 aromatic heterocycles. The van der Waals surface area contributed by atoms with E-state index in [9.17, 15) is 4.79 Å². The minimum absolute atomic E-state index is 0.0228. The van der Waals surface area contributed by atoms with E-state index in [1.807, 2.05) is 6.92 Å². The molecule has 76 valence electrons. The van der Waals surface area contributed by atoms with E-state index >= 15 is 0 Å². The molecule has 0 aromatic carbocycles. The average Bonchev–Trinajstić information content (AvgIpc) is 2.66. The van der Waals surface area contributed by atoms with Crippen molar-refractivity contribution in [2.24, 2.45) is 0 Å². The minimum Gasteiger partial charge on any atom is -0.394 e. The Morgan fingerprint density at radius 3 is 3.00 bits per heavy atom. The summed E-state index contributed by atoms with van der Waals surface area (Å²) >= 11 is 0. The molecule has 13 heavy (non-hydrogen) atoms. The van der Waals surface area contributed by atoms with Gasteiger partial charge in [-0.05, 0) is 25.8 Å². The summed E-state index contributed by atoms with van der Waals surface area (Å²) in [6.45, 7) is 2.90. The van der Waals surface area contributed by atoms with Crippen LogP contribution in [0.2, 0.25) is 0 Å². The van der Waals surface area contributed by atoms with E-state index in [1.165, 1.54) is 0 Å². The van der Waals surface area contributed by atoms with Crippen LogP contribution < -0.4 is 10.6 Å². The molecule has 1 heterocycles. The first-order valence-corrected chi connectivity index (χ1v) is 4.92. The molecule has 0 radical (unpaired) electrons. The summed E-state index contributed by atoms with van der Waals surface area (Å²) in [7, 11) is 0. The van der Waals surface area contributed by atoms with Crippen LogP contribution in [-0.2, 0) is 4.79 Å². The smallest absolute Gasteiger partial charge is 0.237 e. The number of hydrogen-bond acceptors (Lipinski definition) is 3. The van der Waals surface area contributed by atoms with Crippen LogP contribution in [0.4, 0.5) is 0 Å². The van der Waals surface area contributed by atoms with Crippen molar-refractivity contribution in [3.05, 3.63) is 0 Å². The van der Waals surface area contributed by atoms with Crippen LogP contribution in [0.25, 0.3) is 0 Å². The second-order valence-corrected chi connectivity index (χ2v) is 3.45. The third-order valence-electron chi connectivity index (χ3n) is 2.44. The van der Waals surface area contributed by atoms with Gasteiger partial charge in [0.2, 0.25) is 5.91 Å². The molecule has 0 saturated carbocycles. The van der Waals surface area contributed by atoms with Gasteiger partial charge in [0, 0.05) is 0 Å². The Bertz CT molecular complexity index is 163. The molecule has 0 bridgehead atoms. The number of hydrogen-bond donors (Lipinski definition) is 3. The zero-order valence-electron chi connectivity index (χ0n) is 8.05. The van der Waals surface area contributed by atoms with Gasteiger partial charge in [0.15, 0.2) is 0 Å². The first kappa shape index (κ1) is 10.5. The van der Waals surface area contributed by atoms with Crippen molar-refractivity contribution in [1.29, 1.82) is 0 Å². The number of carbonyl (C=O) groups is 1. The van der Waals surface area contributed by atoms with Gasteiger partial charge in [-0.15, -0.1) is 0 Å². The highest BCUT2D eigenvalue weighted by Gasteiger charge is 2.23. The highest BCUT2D eigenvalue weighted by atomic mass is 16.3. The van der Waals surface area contributed by atoms with Crippen molar-refractivity contribution in [1.82, 2.24) is 10.6 Å². The summed E-state index contributed by atoms with van der Waals surface area (Å²) in [5.74, 6) is 0.0263. The van der Waals surface area contributed by atoms with Crippen LogP contribution in [0.5, 0.6) is 0 Å². The van der Waals surface area contributed by atoms with Gasteiger partial charge in [-0.25, -0.2) is 0 Å². The molecule has 4 heteroatoms. The number of rotatable bonds is 4. The minimum atomic E-state index is -0.0881. The number of nitrogens with one attached hydrogen (secondary N) is 2. The molecule has 1 rings (SSSR count). The normalized spacial score (nSPS) is 24.3. The Hall–Kier alpha value is -0.610. The highest BCUT2D eigenvalue weighted by Crippen LogP contribution is 2.05. The Balaban J connectivity index is 2.30. The molecule has 1 aliphatic heterocycles. The Labute approximate surface area is 78.7 Å². The van der Waals surface area contributed by atoms with Gasteiger partial charge in [0.05, 0.1) is 18.7 Å². The maximum atomic E-state index is 11.5. The van der Waals surface area contributed by atoms with Crippen LogP contribution in [0.1, 0.15) is 26.2 Å². The monoisotopic (exact) mass is 186 g/mol. The lowest BCUT2D eigenvalue weighted by Gasteiger charge is -2.17. The second-order valence-electron chi connectivity index (χ2n) is 3.45.